The highest BCUT2D eigenvalue weighted by molar-refractivity contribution is 5.88. The third-order valence-electron chi connectivity index (χ3n) is 4.40. The average Bonchev–Trinajstić information content (AvgIpc) is 2.62. The van der Waals surface area contributed by atoms with E-state index in [4.69, 9.17) is 14.6 Å². The van der Waals surface area contributed by atoms with Crippen LogP contribution in [0.25, 0.3) is 10.8 Å². The zero-order valence-corrected chi connectivity index (χ0v) is 14.9. The Morgan fingerprint density at radius 1 is 1.12 bits per heavy atom. The van der Waals surface area contributed by atoms with E-state index in [1.165, 1.54) is 19.3 Å². The summed E-state index contributed by atoms with van der Waals surface area (Å²) in [5.74, 6) is 0.00947. The first-order valence-corrected chi connectivity index (χ1v) is 8.68. The molecule has 1 unspecified atom stereocenters. The Morgan fingerprint density at radius 2 is 1.72 bits per heavy atom. The molecule has 0 spiro atoms. The SMILES string of the molecule is CC(=O)O.CC(CO)(Oc1cccc2ccccc12)N1CCCCC1. The Hall–Kier alpha value is -2.11. The van der Waals surface area contributed by atoms with Crippen LogP contribution in [0.15, 0.2) is 42.5 Å². The summed E-state index contributed by atoms with van der Waals surface area (Å²) in [6, 6.07) is 14.3. The lowest BCUT2D eigenvalue weighted by Crippen LogP contribution is -2.55. The van der Waals surface area contributed by atoms with Gasteiger partial charge in [-0.15, -0.1) is 0 Å². The van der Waals surface area contributed by atoms with Crippen LogP contribution in [-0.4, -0.2) is 46.5 Å². The molecule has 0 bridgehead atoms. The summed E-state index contributed by atoms with van der Waals surface area (Å²) >= 11 is 0. The number of aliphatic carboxylic acids is 1. The Bertz CT molecular complexity index is 688. The van der Waals surface area contributed by atoms with E-state index in [0.717, 1.165) is 36.5 Å². The average molecular weight is 345 g/mol. The molecule has 25 heavy (non-hydrogen) atoms. The van der Waals surface area contributed by atoms with Crippen molar-refractivity contribution in [1.29, 1.82) is 0 Å². The van der Waals surface area contributed by atoms with Gasteiger partial charge in [0.05, 0.1) is 6.61 Å². The van der Waals surface area contributed by atoms with Crippen molar-refractivity contribution in [3.8, 4) is 5.75 Å². The lowest BCUT2D eigenvalue weighted by molar-refractivity contribution is -0.134. The number of hydrogen-bond donors (Lipinski definition) is 2. The molecule has 0 aromatic heterocycles. The van der Waals surface area contributed by atoms with E-state index in [0.29, 0.717) is 0 Å². The minimum atomic E-state index is -0.833. The van der Waals surface area contributed by atoms with E-state index in [1.807, 2.05) is 31.2 Å². The number of likely N-dealkylation sites (tertiary alicyclic amines) is 1. The topological polar surface area (TPSA) is 70.0 Å². The smallest absolute Gasteiger partial charge is 0.300 e. The second kappa shape index (κ2) is 8.83. The number of piperidine rings is 1. The van der Waals surface area contributed by atoms with Crippen LogP contribution < -0.4 is 4.74 Å². The third kappa shape index (κ3) is 5.18. The number of nitrogens with zero attached hydrogens (tertiary/aromatic N) is 1. The number of aliphatic hydroxyl groups is 1. The van der Waals surface area contributed by atoms with E-state index in [2.05, 4.69) is 23.1 Å². The minimum Gasteiger partial charge on any atom is -0.481 e. The summed E-state index contributed by atoms with van der Waals surface area (Å²) < 4.78 is 6.28. The molecule has 2 N–H and O–H groups in total. The lowest BCUT2D eigenvalue weighted by Gasteiger charge is -2.42. The fourth-order valence-electron chi connectivity index (χ4n) is 3.09. The van der Waals surface area contributed by atoms with Crippen molar-refractivity contribution < 1.29 is 19.7 Å². The van der Waals surface area contributed by atoms with Crippen LogP contribution in [0.2, 0.25) is 0 Å². The van der Waals surface area contributed by atoms with Gasteiger partial charge in [0, 0.05) is 25.4 Å². The van der Waals surface area contributed by atoms with Crippen LogP contribution in [0.3, 0.4) is 0 Å². The normalized spacial score (nSPS) is 17.2. The molecule has 0 aliphatic carbocycles. The van der Waals surface area contributed by atoms with Gasteiger partial charge in [-0.25, -0.2) is 0 Å². The lowest BCUT2D eigenvalue weighted by atomic mass is 10.1. The number of carbonyl (C=O) groups is 1. The predicted octanol–water partition coefficient (Wildman–Crippen LogP) is 3.50. The third-order valence-corrected chi connectivity index (χ3v) is 4.40. The highest BCUT2D eigenvalue weighted by atomic mass is 16.5. The molecule has 0 saturated carbocycles. The molecule has 1 heterocycles. The molecular formula is C20H27NO4. The van der Waals surface area contributed by atoms with E-state index < -0.39 is 11.7 Å². The first-order chi connectivity index (χ1) is 12.0. The number of carboxylic acids is 1. The van der Waals surface area contributed by atoms with E-state index >= 15 is 0 Å². The number of hydrogen-bond acceptors (Lipinski definition) is 4. The van der Waals surface area contributed by atoms with Crippen LogP contribution in [0.5, 0.6) is 5.75 Å². The summed E-state index contributed by atoms with van der Waals surface area (Å²) in [6.45, 7) is 5.04. The molecule has 0 amide bonds. The molecule has 1 fully saturated rings. The van der Waals surface area contributed by atoms with Gasteiger partial charge in [-0.1, -0.05) is 42.8 Å². The molecule has 2 aromatic carbocycles. The summed E-state index contributed by atoms with van der Waals surface area (Å²) in [5, 5.41) is 19.6. The van der Waals surface area contributed by atoms with Gasteiger partial charge in [0.25, 0.3) is 5.97 Å². The van der Waals surface area contributed by atoms with Gasteiger partial charge in [0.2, 0.25) is 0 Å². The maximum atomic E-state index is 9.90. The van der Waals surface area contributed by atoms with Gasteiger partial charge < -0.3 is 14.9 Å². The molecule has 136 valence electrons. The maximum Gasteiger partial charge on any atom is 0.300 e. The highest BCUT2D eigenvalue weighted by Gasteiger charge is 2.34. The Kier molecular flexibility index (Phi) is 6.79. The van der Waals surface area contributed by atoms with Crippen molar-refractivity contribution >= 4 is 16.7 Å². The van der Waals surface area contributed by atoms with E-state index in [-0.39, 0.29) is 6.61 Å². The van der Waals surface area contributed by atoms with E-state index in [1.54, 1.807) is 0 Å². The van der Waals surface area contributed by atoms with Crippen LogP contribution >= 0.6 is 0 Å². The fourth-order valence-corrected chi connectivity index (χ4v) is 3.09. The van der Waals surface area contributed by atoms with Crippen molar-refractivity contribution in [1.82, 2.24) is 4.90 Å². The highest BCUT2D eigenvalue weighted by Crippen LogP contribution is 2.30. The Morgan fingerprint density at radius 3 is 2.36 bits per heavy atom. The number of fused-ring (bicyclic) bond motifs is 1. The molecule has 1 atom stereocenters. The monoisotopic (exact) mass is 345 g/mol. The number of aliphatic hydroxyl groups excluding tert-OH is 1. The number of benzene rings is 2. The second-order valence-electron chi connectivity index (χ2n) is 6.48. The van der Waals surface area contributed by atoms with Gasteiger partial charge in [-0.2, -0.15) is 0 Å². The molecule has 1 aliphatic rings. The minimum absolute atomic E-state index is 0.00375. The standard InChI is InChI=1S/C18H23NO2.C2H4O2/c1-18(14-20,19-12-5-2-6-13-19)21-17-11-7-9-15-8-3-4-10-16(15)17;1-2(3)4/h3-4,7-11,20H,2,5-6,12-14H2,1H3;1H3,(H,3,4). The van der Waals surface area contributed by atoms with Crippen molar-refractivity contribution in [2.75, 3.05) is 19.7 Å². The summed E-state index contributed by atoms with van der Waals surface area (Å²) in [5.41, 5.74) is -0.648. The van der Waals surface area contributed by atoms with Crippen LogP contribution in [-0.2, 0) is 4.79 Å². The number of carboxylic acid groups (broad SMARTS) is 1. The van der Waals surface area contributed by atoms with Gasteiger partial charge in [-0.05, 0) is 31.2 Å². The number of ether oxygens (including phenoxy) is 1. The zero-order chi connectivity index (χ0) is 18.3. The van der Waals surface area contributed by atoms with Crippen molar-refractivity contribution in [2.24, 2.45) is 0 Å². The van der Waals surface area contributed by atoms with Gasteiger partial charge >= 0.3 is 0 Å². The second-order valence-corrected chi connectivity index (χ2v) is 6.48. The molecule has 2 aromatic rings. The largest absolute Gasteiger partial charge is 0.481 e. The quantitative estimate of drug-likeness (QED) is 0.887. The zero-order valence-electron chi connectivity index (χ0n) is 14.9. The van der Waals surface area contributed by atoms with E-state index in [9.17, 15) is 5.11 Å². The molecule has 0 radical (unpaired) electrons. The van der Waals surface area contributed by atoms with Crippen LogP contribution in [0.4, 0.5) is 0 Å². The molecule has 3 rings (SSSR count). The first-order valence-electron chi connectivity index (χ1n) is 8.68. The van der Waals surface area contributed by atoms with Crippen molar-refractivity contribution in [2.45, 2.75) is 38.8 Å². The Balaban J connectivity index is 0.000000511. The van der Waals surface area contributed by atoms with Crippen molar-refractivity contribution in [3.63, 3.8) is 0 Å². The molecule has 5 nitrogen and oxygen atoms in total. The number of rotatable bonds is 4. The van der Waals surface area contributed by atoms with Gasteiger partial charge in [-0.3, -0.25) is 9.69 Å². The molecule has 1 aliphatic heterocycles. The molecular weight excluding hydrogens is 318 g/mol. The summed E-state index contributed by atoms with van der Waals surface area (Å²) in [4.78, 5) is 11.3. The molecule has 1 saturated heterocycles. The summed E-state index contributed by atoms with van der Waals surface area (Å²) in [6.07, 6.45) is 3.62. The van der Waals surface area contributed by atoms with Gasteiger partial charge in [0.15, 0.2) is 5.72 Å². The fraction of sp³-hybridized carbons (Fsp3) is 0.450. The van der Waals surface area contributed by atoms with Gasteiger partial charge in [0.1, 0.15) is 5.75 Å². The van der Waals surface area contributed by atoms with Crippen LogP contribution in [0.1, 0.15) is 33.1 Å². The predicted molar refractivity (Wildman–Crippen MR) is 98.8 cm³/mol. The van der Waals surface area contributed by atoms with Crippen molar-refractivity contribution in [3.05, 3.63) is 42.5 Å². The Labute approximate surface area is 148 Å². The maximum absolute atomic E-state index is 9.90. The molecule has 5 heteroatoms. The first kappa shape index (κ1) is 19.2. The summed E-state index contributed by atoms with van der Waals surface area (Å²) in [7, 11) is 0. The van der Waals surface area contributed by atoms with Crippen LogP contribution in [0, 0.1) is 0 Å².